The van der Waals surface area contributed by atoms with E-state index in [1.807, 2.05) is 0 Å². The highest BCUT2D eigenvalue weighted by Gasteiger charge is 2.25. The first-order chi connectivity index (χ1) is 6.53. The molecule has 14 heavy (non-hydrogen) atoms. The molecule has 1 amide bonds. The van der Waals surface area contributed by atoms with Gasteiger partial charge in [0.05, 0.1) is 0 Å². The molecule has 1 N–H and O–H groups in total. The molecule has 0 atom stereocenters. The maximum atomic E-state index is 11.4. The summed E-state index contributed by atoms with van der Waals surface area (Å²) in [6.07, 6.45) is 4.13. The largest absolute Gasteiger partial charge is 0.356 e. The number of halogens is 1. The van der Waals surface area contributed by atoms with Crippen molar-refractivity contribution in [3.63, 3.8) is 0 Å². The minimum atomic E-state index is 0.126. The van der Waals surface area contributed by atoms with Crippen molar-refractivity contribution in [1.82, 2.24) is 5.32 Å². The second kappa shape index (κ2) is 5.01. The van der Waals surface area contributed by atoms with Crippen molar-refractivity contribution in [2.75, 3.05) is 12.4 Å². The molecular weight excluding hydrogens is 198 g/mol. The van der Waals surface area contributed by atoms with E-state index in [9.17, 15) is 4.79 Å². The van der Waals surface area contributed by atoms with E-state index in [1.165, 1.54) is 12.8 Å². The number of carbonyl (C=O) groups is 1. The summed E-state index contributed by atoms with van der Waals surface area (Å²) in [5.74, 6) is 1.53. The van der Waals surface area contributed by atoms with Gasteiger partial charge in [-0.2, -0.15) is 0 Å². The van der Waals surface area contributed by atoms with Gasteiger partial charge in [0.1, 0.15) is 0 Å². The molecule has 0 unspecified atom stereocenters. The Labute approximate surface area is 91.4 Å². The van der Waals surface area contributed by atoms with Crippen LogP contribution >= 0.6 is 11.6 Å². The number of amides is 1. The highest BCUT2D eigenvalue weighted by molar-refractivity contribution is 6.17. The van der Waals surface area contributed by atoms with Crippen LogP contribution in [0.25, 0.3) is 0 Å². The number of alkyl halides is 1. The average Bonchev–Trinajstić information content (AvgIpc) is 2.85. The van der Waals surface area contributed by atoms with Crippen LogP contribution in [0.3, 0.4) is 0 Å². The first kappa shape index (κ1) is 11.8. The molecule has 2 nitrogen and oxygen atoms in total. The van der Waals surface area contributed by atoms with Crippen molar-refractivity contribution in [2.24, 2.45) is 11.3 Å². The Morgan fingerprint density at radius 2 is 2.14 bits per heavy atom. The minimum Gasteiger partial charge on any atom is -0.356 e. The van der Waals surface area contributed by atoms with E-state index >= 15 is 0 Å². The Balaban J connectivity index is 2.13. The quantitative estimate of drug-likeness (QED) is 0.681. The van der Waals surface area contributed by atoms with Crippen LogP contribution in [0.2, 0.25) is 0 Å². The maximum absolute atomic E-state index is 11.4. The van der Waals surface area contributed by atoms with Gasteiger partial charge in [0, 0.05) is 18.8 Å². The molecule has 0 aromatic carbocycles. The van der Waals surface area contributed by atoms with Gasteiger partial charge in [0.15, 0.2) is 0 Å². The molecule has 1 fully saturated rings. The van der Waals surface area contributed by atoms with Crippen LogP contribution in [0.5, 0.6) is 0 Å². The van der Waals surface area contributed by atoms with E-state index in [0.717, 1.165) is 19.4 Å². The number of hydrogen-bond donors (Lipinski definition) is 1. The van der Waals surface area contributed by atoms with Crippen LogP contribution in [-0.4, -0.2) is 18.3 Å². The molecule has 0 heterocycles. The molecule has 1 rings (SSSR count). The van der Waals surface area contributed by atoms with Crippen LogP contribution < -0.4 is 5.32 Å². The molecule has 1 aliphatic carbocycles. The number of nitrogens with one attached hydrogen (secondary N) is 1. The third-order valence-corrected chi connectivity index (χ3v) is 2.90. The first-order valence-corrected chi connectivity index (χ1v) is 5.89. The Kier molecular flexibility index (Phi) is 4.24. The van der Waals surface area contributed by atoms with Gasteiger partial charge in [-0.25, -0.2) is 0 Å². The lowest BCUT2D eigenvalue weighted by molar-refractivity contribution is -0.121. The van der Waals surface area contributed by atoms with Crippen molar-refractivity contribution >= 4 is 17.5 Å². The molecule has 0 spiro atoms. The topological polar surface area (TPSA) is 29.1 Å². The summed E-state index contributed by atoms with van der Waals surface area (Å²) >= 11 is 5.68. The van der Waals surface area contributed by atoms with Gasteiger partial charge in [-0.1, -0.05) is 13.8 Å². The summed E-state index contributed by atoms with van der Waals surface area (Å²) in [5.41, 5.74) is 0.126. The highest BCUT2D eigenvalue weighted by Crippen LogP contribution is 2.32. The Morgan fingerprint density at radius 1 is 1.50 bits per heavy atom. The summed E-state index contributed by atoms with van der Waals surface area (Å²) in [6.45, 7) is 5.00. The van der Waals surface area contributed by atoms with Gasteiger partial charge in [-0.15, -0.1) is 11.6 Å². The second-order valence-electron chi connectivity index (χ2n) is 5.03. The van der Waals surface area contributed by atoms with Crippen molar-refractivity contribution in [3.8, 4) is 0 Å². The smallest absolute Gasteiger partial charge is 0.220 e. The molecule has 0 radical (unpaired) electrons. The van der Waals surface area contributed by atoms with Crippen LogP contribution in [0.1, 0.15) is 39.5 Å². The van der Waals surface area contributed by atoms with E-state index in [2.05, 4.69) is 19.2 Å². The maximum Gasteiger partial charge on any atom is 0.220 e. The highest BCUT2D eigenvalue weighted by atomic mass is 35.5. The fourth-order valence-corrected chi connectivity index (χ4v) is 1.85. The Hall–Kier alpha value is -0.240. The zero-order chi connectivity index (χ0) is 10.6. The predicted molar refractivity (Wildman–Crippen MR) is 59.5 cm³/mol. The van der Waals surface area contributed by atoms with Gasteiger partial charge in [0.25, 0.3) is 0 Å². The summed E-state index contributed by atoms with van der Waals surface area (Å²) in [6, 6.07) is 0. The normalized spacial score (nSPS) is 16.8. The standard InChI is InChI=1S/C11H20ClNO/c1-11(2,5-6-12)8-13-10(14)7-9-3-4-9/h9H,3-8H2,1-2H3,(H,13,14). The molecule has 0 aliphatic heterocycles. The fraction of sp³-hybridized carbons (Fsp3) is 0.909. The molecule has 0 saturated heterocycles. The van der Waals surface area contributed by atoms with Gasteiger partial charge in [-0.3, -0.25) is 4.79 Å². The number of hydrogen-bond acceptors (Lipinski definition) is 1. The lowest BCUT2D eigenvalue weighted by Crippen LogP contribution is -2.34. The van der Waals surface area contributed by atoms with Crippen LogP contribution in [0.4, 0.5) is 0 Å². The predicted octanol–water partition coefficient (Wildman–Crippen LogP) is 2.56. The van der Waals surface area contributed by atoms with Gasteiger partial charge in [-0.05, 0) is 30.6 Å². The van der Waals surface area contributed by atoms with Crippen LogP contribution in [0, 0.1) is 11.3 Å². The number of carbonyl (C=O) groups excluding carboxylic acids is 1. The average molecular weight is 218 g/mol. The lowest BCUT2D eigenvalue weighted by atomic mass is 9.90. The molecule has 3 heteroatoms. The third kappa shape index (κ3) is 4.85. The van der Waals surface area contributed by atoms with Crippen molar-refractivity contribution in [1.29, 1.82) is 0 Å². The van der Waals surface area contributed by atoms with Crippen molar-refractivity contribution in [3.05, 3.63) is 0 Å². The van der Waals surface area contributed by atoms with Crippen LogP contribution in [-0.2, 0) is 4.79 Å². The summed E-state index contributed by atoms with van der Waals surface area (Å²) in [4.78, 5) is 11.4. The Morgan fingerprint density at radius 3 is 2.64 bits per heavy atom. The minimum absolute atomic E-state index is 0.126. The van der Waals surface area contributed by atoms with Crippen molar-refractivity contribution < 1.29 is 4.79 Å². The SMILES string of the molecule is CC(C)(CCCl)CNC(=O)CC1CC1. The molecular formula is C11H20ClNO. The van der Waals surface area contributed by atoms with E-state index in [4.69, 9.17) is 11.6 Å². The van der Waals surface area contributed by atoms with Crippen LogP contribution in [0.15, 0.2) is 0 Å². The second-order valence-corrected chi connectivity index (χ2v) is 5.41. The molecule has 1 aliphatic rings. The zero-order valence-corrected chi connectivity index (χ0v) is 9.86. The monoisotopic (exact) mass is 217 g/mol. The van der Waals surface area contributed by atoms with Gasteiger partial charge in [0.2, 0.25) is 5.91 Å². The van der Waals surface area contributed by atoms with E-state index in [0.29, 0.717) is 11.8 Å². The summed E-state index contributed by atoms with van der Waals surface area (Å²) < 4.78 is 0. The van der Waals surface area contributed by atoms with Gasteiger partial charge < -0.3 is 5.32 Å². The fourth-order valence-electron chi connectivity index (χ4n) is 1.34. The molecule has 0 aromatic heterocycles. The molecule has 82 valence electrons. The molecule has 0 bridgehead atoms. The van der Waals surface area contributed by atoms with Gasteiger partial charge >= 0.3 is 0 Å². The summed E-state index contributed by atoms with van der Waals surface area (Å²) in [5, 5.41) is 2.98. The lowest BCUT2D eigenvalue weighted by Gasteiger charge is -2.23. The third-order valence-electron chi connectivity index (χ3n) is 2.71. The Bertz CT molecular complexity index is 199. The first-order valence-electron chi connectivity index (χ1n) is 5.36. The van der Waals surface area contributed by atoms with E-state index in [1.54, 1.807) is 0 Å². The van der Waals surface area contributed by atoms with Crippen molar-refractivity contribution in [2.45, 2.75) is 39.5 Å². The molecule has 0 aromatic rings. The van der Waals surface area contributed by atoms with E-state index < -0.39 is 0 Å². The molecule has 1 saturated carbocycles. The van der Waals surface area contributed by atoms with E-state index in [-0.39, 0.29) is 11.3 Å². The number of rotatable bonds is 6. The summed E-state index contributed by atoms with van der Waals surface area (Å²) in [7, 11) is 0. The zero-order valence-electron chi connectivity index (χ0n) is 9.11.